The van der Waals surface area contributed by atoms with Gasteiger partial charge in [-0.15, -0.1) is 36.2 Å². The Labute approximate surface area is 178 Å². The highest BCUT2D eigenvalue weighted by Gasteiger charge is 2.24. The van der Waals surface area contributed by atoms with Gasteiger partial charge in [-0.25, -0.2) is 4.98 Å². The van der Waals surface area contributed by atoms with Gasteiger partial charge in [0.2, 0.25) is 5.91 Å². The molecule has 0 spiro atoms. The van der Waals surface area contributed by atoms with Gasteiger partial charge in [-0.2, -0.15) is 0 Å². The molecule has 0 radical (unpaired) electrons. The van der Waals surface area contributed by atoms with Gasteiger partial charge in [-0.05, 0) is 31.7 Å². The number of nitrogens with one attached hydrogen (secondary N) is 1. The zero-order valence-corrected chi connectivity index (χ0v) is 18.1. The lowest BCUT2D eigenvalue weighted by atomic mass is 9.84. The van der Waals surface area contributed by atoms with Gasteiger partial charge in [-0.1, -0.05) is 43.0 Å². The van der Waals surface area contributed by atoms with Crippen LogP contribution in [0.2, 0.25) is 0 Å². The molecule has 1 unspecified atom stereocenters. The minimum absolute atomic E-state index is 0. The Hall–Kier alpha value is -1.14. The molecule has 1 saturated carbocycles. The van der Waals surface area contributed by atoms with Gasteiger partial charge in [0, 0.05) is 23.5 Å². The minimum atomic E-state index is 0. The van der Waals surface area contributed by atoms with Gasteiger partial charge >= 0.3 is 0 Å². The highest BCUT2D eigenvalue weighted by Crippen LogP contribution is 2.27. The van der Waals surface area contributed by atoms with Crippen LogP contribution in [0.5, 0.6) is 0 Å². The van der Waals surface area contributed by atoms with E-state index in [0.29, 0.717) is 18.9 Å². The summed E-state index contributed by atoms with van der Waals surface area (Å²) in [6, 6.07) is 8.39. The molecule has 0 aliphatic heterocycles. The van der Waals surface area contributed by atoms with Crippen molar-refractivity contribution in [2.24, 2.45) is 11.7 Å². The van der Waals surface area contributed by atoms with Crippen LogP contribution in [0, 0.1) is 12.8 Å². The summed E-state index contributed by atoms with van der Waals surface area (Å²) >= 11 is 1.59. The Morgan fingerprint density at radius 2 is 2.04 bits per heavy atom. The number of carbonyl (C=O) groups is 1. The Balaban J connectivity index is 0.00000182. The summed E-state index contributed by atoms with van der Waals surface area (Å²) in [5.41, 5.74) is 9.07. The third-order valence-corrected chi connectivity index (χ3v) is 5.92. The van der Waals surface area contributed by atoms with Gasteiger partial charge in [-0.3, -0.25) is 4.79 Å². The molecule has 7 heteroatoms. The first-order valence-electron chi connectivity index (χ1n) is 9.16. The highest BCUT2D eigenvalue weighted by atomic mass is 35.5. The lowest BCUT2D eigenvalue weighted by molar-refractivity contribution is -0.121. The lowest BCUT2D eigenvalue weighted by Crippen LogP contribution is -2.46. The standard InChI is InChI=1S/C20H27N3OS.2ClH/c1-14-6-5-9-16(10-14)20-22-17(13-25-20)11-19(24)23-18(12-21)15-7-3-2-4-8-15;;/h5-6,9-10,13,15,18H,2-4,7-8,11-12,21H2,1H3,(H,23,24);2*1H. The summed E-state index contributed by atoms with van der Waals surface area (Å²) in [4.78, 5) is 17.1. The number of carbonyl (C=O) groups excluding carboxylic acids is 1. The first-order valence-corrected chi connectivity index (χ1v) is 10.0. The number of hydrogen-bond acceptors (Lipinski definition) is 4. The van der Waals surface area contributed by atoms with E-state index in [-0.39, 0.29) is 36.8 Å². The zero-order chi connectivity index (χ0) is 17.6. The average Bonchev–Trinajstić information content (AvgIpc) is 3.09. The zero-order valence-electron chi connectivity index (χ0n) is 15.6. The second kappa shape index (κ2) is 11.6. The van der Waals surface area contributed by atoms with Crippen LogP contribution < -0.4 is 11.1 Å². The van der Waals surface area contributed by atoms with Crippen molar-refractivity contribution in [1.29, 1.82) is 0 Å². The monoisotopic (exact) mass is 429 g/mol. The van der Waals surface area contributed by atoms with Crippen LogP contribution in [-0.2, 0) is 11.2 Å². The maximum absolute atomic E-state index is 12.4. The van der Waals surface area contributed by atoms with E-state index >= 15 is 0 Å². The largest absolute Gasteiger partial charge is 0.351 e. The molecule has 3 N–H and O–H groups in total. The van der Waals surface area contributed by atoms with E-state index < -0.39 is 0 Å². The first-order chi connectivity index (χ1) is 12.2. The molecule has 1 aliphatic rings. The van der Waals surface area contributed by atoms with E-state index in [4.69, 9.17) is 5.73 Å². The van der Waals surface area contributed by atoms with Crippen molar-refractivity contribution in [3.63, 3.8) is 0 Å². The van der Waals surface area contributed by atoms with Crippen molar-refractivity contribution in [3.05, 3.63) is 40.9 Å². The van der Waals surface area contributed by atoms with Crippen molar-refractivity contribution < 1.29 is 4.79 Å². The minimum Gasteiger partial charge on any atom is -0.351 e. The van der Waals surface area contributed by atoms with E-state index in [0.717, 1.165) is 16.3 Å². The number of aryl methyl sites for hydroxylation is 1. The molecule has 1 heterocycles. The van der Waals surface area contributed by atoms with Gasteiger partial charge in [0.1, 0.15) is 5.01 Å². The Morgan fingerprint density at radius 3 is 2.70 bits per heavy atom. The fourth-order valence-electron chi connectivity index (χ4n) is 3.63. The van der Waals surface area contributed by atoms with Crippen LogP contribution >= 0.6 is 36.2 Å². The normalized spacial score (nSPS) is 15.3. The van der Waals surface area contributed by atoms with E-state index in [2.05, 4.69) is 35.4 Å². The van der Waals surface area contributed by atoms with E-state index in [1.807, 2.05) is 11.4 Å². The third kappa shape index (κ3) is 6.75. The number of rotatable bonds is 6. The smallest absolute Gasteiger partial charge is 0.226 e. The summed E-state index contributed by atoms with van der Waals surface area (Å²) in [5.74, 6) is 0.558. The molecular formula is C20H29Cl2N3OS. The topological polar surface area (TPSA) is 68.0 Å². The van der Waals surface area contributed by atoms with Gasteiger partial charge < -0.3 is 11.1 Å². The molecular weight excluding hydrogens is 401 g/mol. The number of amides is 1. The number of thiazole rings is 1. The molecule has 3 rings (SSSR count). The molecule has 1 aliphatic carbocycles. The molecule has 1 atom stereocenters. The summed E-state index contributed by atoms with van der Waals surface area (Å²) in [6.45, 7) is 2.59. The number of hydrogen-bond donors (Lipinski definition) is 2. The van der Waals surface area contributed by atoms with Crippen LogP contribution in [-0.4, -0.2) is 23.5 Å². The average molecular weight is 430 g/mol. The van der Waals surface area contributed by atoms with Gasteiger partial charge in [0.15, 0.2) is 0 Å². The molecule has 1 fully saturated rings. The summed E-state index contributed by atoms with van der Waals surface area (Å²) in [7, 11) is 0. The van der Waals surface area contributed by atoms with Gasteiger partial charge in [0.05, 0.1) is 12.1 Å². The predicted octanol–water partition coefficient (Wildman–Crippen LogP) is 4.53. The van der Waals surface area contributed by atoms with E-state index in [1.54, 1.807) is 11.3 Å². The maximum atomic E-state index is 12.4. The second-order valence-electron chi connectivity index (χ2n) is 7.00. The van der Waals surface area contributed by atoms with Crippen molar-refractivity contribution in [3.8, 4) is 10.6 Å². The molecule has 2 aromatic rings. The molecule has 1 aromatic heterocycles. The fourth-order valence-corrected chi connectivity index (χ4v) is 4.44. The van der Waals surface area contributed by atoms with Crippen LogP contribution in [0.15, 0.2) is 29.6 Å². The Kier molecular flexibility index (Phi) is 10.3. The van der Waals surface area contributed by atoms with Crippen LogP contribution in [0.1, 0.15) is 43.4 Å². The molecule has 0 bridgehead atoms. The maximum Gasteiger partial charge on any atom is 0.226 e. The SMILES string of the molecule is Cc1cccc(-c2nc(CC(=O)NC(CN)C3CCCCC3)cs2)c1.Cl.Cl. The summed E-state index contributed by atoms with van der Waals surface area (Å²) < 4.78 is 0. The van der Waals surface area contributed by atoms with Crippen molar-refractivity contribution >= 4 is 42.1 Å². The third-order valence-electron chi connectivity index (χ3n) is 4.98. The molecule has 150 valence electrons. The number of halogens is 2. The Morgan fingerprint density at radius 1 is 1.30 bits per heavy atom. The van der Waals surface area contributed by atoms with E-state index in [1.165, 1.54) is 37.7 Å². The molecule has 4 nitrogen and oxygen atoms in total. The Bertz CT molecular complexity index is 717. The second-order valence-corrected chi connectivity index (χ2v) is 7.86. The molecule has 1 amide bonds. The van der Waals surface area contributed by atoms with Crippen molar-refractivity contribution in [1.82, 2.24) is 10.3 Å². The number of benzene rings is 1. The fraction of sp³-hybridized carbons (Fsp3) is 0.500. The summed E-state index contributed by atoms with van der Waals surface area (Å²) in [6.07, 6.45) is 6.49. The summed E-state index contributed by atoms with van der Waals surface area (Å²) in [5, 5.41) is 6.09. The lowest BCUT2D eigenvalue weighted by Gasteiger charge is -2.30. The molecule has 0 saturated heterocycles. The van der Waals surface area contributed by atoms with Gasteiger partial charge in [0.25, 0.3) is 0 Å². The van der Waals surface area contributed by atoms with Crippen molar-refractivity contribution in [2.45, 2.75) is 51.5 Å². The number of nitrogens with two attached hydrogens (primary N) is 1. The van der Waals surface area contributed by atoms with Crippen LogP contribution in [0.25, 0.3) is 10.6 Å². The van der Waals surface area contributed by atoms with Crippen molar-refractivity contribution in [2.75, 3.05) is 6.54 Å². The van der Waals surface area contributed by atoms with Crippen LogP contribution in [0.4, 0.5) is 0 Å². The molecule has 1 aromatic carbocycles. The highest BCUT2D eigenvalue weighted by molar-refractivity contribution is 7.13. The number of aromatic nitrogens is 1. The van der Waals surface area contributed by atoms with E-state index in [9.17, 15) is 4.79 Å². The predicted molar refractivity (Wildman–Crippen MR) is 118 cm³/mol. The number of nitrogens with zero attached hydrogens (tertiary/aromatic N) is 1. The van der Waals surface area contributed by atoms with Crippen LogP contribution in [0.3, 0.4) is 0 Å². The first kappa shape index (κ1) is 23.9. The quantitative estimate of drug-likeness (QED) is 0.708. The molecule has 27 heavy (non-hydrogen) atoms.